The fraction of sp³-hybridized carbons (Fsp3) is 0.909. The van der Waals surface area contributed by atoms with Gasteiger partial charge in [0.2, 0.25) is 0 Å². The SMILES string of the molecule is CCC1(COC(=O)CCCCCCCC(=O)OCC2(CC)COC2)CCC1. The van der Waals surface area contributed by atoms with Gasteiger partial charge in [0.25, 0.3) is 0 Å². The average molecular weight is 383 g/mol. The first-order valence-electron chi connectivity index (χ1n) is 10.9. The zero-order valence-corrected chi connectivity index (χ0v) is 17.4. The second-order valence-electron chi connectivity index (χ2n) is 8.64. The van der Waals surface area contributed by atoms with Crippen molar-refractivity contribution < 1.29 is 23.8 Å². The predicted molar refractivity (Wildman–Crippen MR) is 104 cm³/mol. The number of carbonyl (C=O) groups excluding carboxylic acids is 2. The number of ether oxygens (including phenoxy) is 3. The van der Waals surface area contributed by atoms with Gasteiger partial charge in [-0.05, 0) is 38.5 Å². The largest absolute Gasteiger partial charge is 0.465 e. The summed E-state index contributed by atoms with van der Waals surface area (Å²) >= 11 is 0. The maximum atomic E-state index is 11.8. The van der Waals surface area contributed by atoms with Gasteiger partial charge in [-0.25, -0.2) is 0 Å². The Morgan fingerprint density at radius 3 is 1.63 bits per heavy atom. The van der Waals surface area contributed by atoms with Gasteiger partial charge in [-0.2, -0.15) is 0 Å². The first-order valence-corrected chi connectivity index (χ1v) is 10.9. The zero-order chi connectivity index (χ0) is 19.6. The Hall–Kier alpha value is -1.10. The summed E-state index contributed by atoms with van der Waals surface area (Å²) in [5.74, 6) is -0.151. The molecule has 1 saturated carbocycles. The normalized spacial score (nSPS) is 19.6. The van der Waals surface area contributed by atoms with Crippen molar-refractivity contribution in [2.24, 2.45) is 10.8 Å². The third kappa shape index (κ3) is 7.10. The van der Waals surface area contributed by atoms with Gasteiger partial charge in [-0.15, -0.1) is 0 Å². The molecule has 0 radical (unpaired) electrons. The van der Waals surface area contributed by atoms with Crippen molar-refractivity contribution in [3.63, 3.8) is 0 Å². The molecule has 1 aliphatic carbocycles. The van der Waals surface area contributed by atoms with Crippen molar-refractivity contribution in [2.45, 2.75) is 90.9 Å². The minimum absolute atomic E-state index is 0.0527. The highest BCUT2D eigenvalue weighted by molar-refractivity contribution is 5.69. The van der Waals surface area contributed by atoms with E-state index >= 15 is 0 Å². The van der Waals surface area contributed by atoms with Crippen LogP contribution in [0.2, 0.25) is 0 Å². The Kier molecular flexibility index (Phi) is 9.07. The number of hydrogen-bond acceptors (Lipinski definition) is 5. The summed E-state index contributed by atoms with van der Waals surface area (Å²) in [5.41, 5.74) is 0.354. The molecular weight excluding hydrogens is 344 g/mol. The van der Waals surface area contributed by atoms with Crippen LogP contribution in [0.5, 0.6) is 0 Å². The molecule has 0 N–H and O–H groups in total. The summed E-state index contributed by atoms with van der Waals surface area (Å²) in [5, 5.41) is 0. The van der Waals surface area contributed by atoms with Crippen LogP contribution in [0.4, 0.5) is 0 Å². The molecule has 2 aliphatic rings. The molecule has 156 valence electrons. The van der Waals surface area contributed by atoms with Crippen LogP contribution in [0.3, 0.4) is 0 Å². The number of rotatable bonds is 14. The maximum absolute atomic E-state index is 11.8. The lowest BCUT2D eigenvalue weighted by Gasteiger charge is -2.40. The van der Waals surface area contributed by atoms with Crippen molar-refractivity contribution in [1.29, 1.82) is 0 Å². The van der Waals surface area contributed by atoms with E-state index in [2.05, 4.69) is 13.8 Å². The molecule has 1 saturated heterocycles. The molecule has 1 aliphatic heterocycles. The lowest BCUT2D eigenvalue weighted by Crippen LogP contribution is -2.46. The van der Waals surface area contributed by atoms with Gasteiger partial charge in [-0.1, -0.05) is 39.5 Å². The first-order chi connectivity index (χ1) is 13.0. The topological polar surface area (TPSA) is 61.8 Å². The third-order valence-electron chi connectivity index (χ3n) is 6.57. The zero-order valence-electron chi connectivity index (χ0n) is 17.4. The van der Waals surface area contributed by atoms with Gasteiger partial charge in [0, 0.05) is 18.3 Å². The lowest BCUT2D eigenvalue weighted by atomic mass is 9.68. The molecule has 5 heteroatoms. The molecule has 0 unspecified atom stereocenters. The Bertz CT molecular complexity index is 412. The van der Waals surface area contributed by atoms with E-state index in [9.17, 15) is 9.59 Å². The summed E-state index contributed by atoms with van der Waals surface area (Å²) < 4.78 is 16.1. The fourth-order valence-electron chi connectivity index (χ4n) is 3.74. The molecule has 27 heavy (non-hydrogen) atoms. The highest BCUT2D eigenvalue weighted by atomic mass is 16.5. The number of hydrogen-bond donors (Lipinski definition) is 0. The molecule has 2 fully saturated rings. The number of carbonyl (C=O) groups is 2. The molecule has 0 aromatic heterocycles. The van der Waals surface area contributed by atoms with Gasteiger partial charge < -0.3 is 14.2 Å². The molecule has 0 amide bonds. The Morgan fingerprint density at radius 2 is 1.26 bits per heavy atom. The summed E-state index contributed by atoms with van der Waals surface area (Å²) in [6, 6.07) is 0. The number of unbranched alkanes of at least 4 members (excludes halogenated alkanes) is 4. The van der Waals surface area contributed by atoms with Crippen molar-refractivity contribution in [1.82, 2.24) is 0 Å². The van der Waals surface area contributed by atoms with Crippen molar-refractivity contribution in [3.8, 4) is 0 Å². The molecule has 0 aromatic carbocycles. The molecule has 1 heterocycles. The second kappa shape index (κ2) is 11.0. The molecular formula is C22H38O5. The minimum atomic E-state index is -0.0980. The maximum Gasteiger partial charge on any atom is 0.305 e. The summed E-state index contributed by atoms with van der Waals surface area (Å²) in [4.78, 5) is 23.6. The van der Waals surface area contributed by atoms with Gasteiger partial charge >= 0.3 is 11.9 Å². The minimum Gasteiger partial charge on any atom is -0.465 e. The van der Waals surface area contributed by atoms with Crippen molar-refractivity contribution in [2.75, 3.05) is 26.4 Å². The second-order valence-corrected chi connectivity index (χ2v) is 8.64. The fourth-order valence-corrected chi connectivity index (χ4v) is 3.74. The summed E-state index contributed by atoms with van der Waals surface area (Å²) in [6.07, 6.45) is 11.6. The Morgan fingerprint density at radius 1 is 0.778 bits per heavy atom. The first kappa shape index (κ1) is 22.2. The average Bonchev–Trinajstić information content (AvgIpc) is 2.60. The van der Waals surface area contributed by atoms with E-state index in [4.69, 9.17) is 14.2 Å². The molecule has 0 spiro atoms. The Balaban J connectivity index is 1.39. The van der Waals surface area contributed by atoms with Crippen LogP contribution in [0.25, 0.3) is 0 Å². The van der Waals surface area contributed by atoms with Gasteiger partial charge in [0.15, 0.2) is 0 Å². The highest BCUT2D eigenvalue weighted by Crippen LogP contribution is 2.43. The summed E-state index contributed by atoms with van der Waals surface area (Å²) in [6.45, 7) is 6.81. The van der Waals surface area contributed by atoms with Crippen LogP contribution >= 0.6 is 0 Å². The standard InChI is InChI=1S/C22H38O5/c1-3-21(13-10-14-21)17-26-19(23)11-8-6-5-7-9-12-20(24)27-18-22(4-2)15-25-16-22/h3-18H2,1-2H3. The predicted octanol–water partition coefficient (Wildman–Crippen LogP) is 4.81. The molecule has 5 nitrogen and oxygen atoms in total. The summed E-state index contributed by atoms with van der Waals surface area (Å²) in [7, 11) is 0. The van der Waals surface area contributed by atoms with Gasteiger partial charge in [-0.3, -0.25) is 9.59 Å². The van der Waals surface area contributed by atoms with Crippen LogP contribution in [-0.2, 0) is 23.8 Å². The van der Waals surface area contributed by atoms with Crippen LogP contribution < -0.4 is 0 Å². The van der Waals surface area contributed by atoms with E-state index in [-0.39, 0.29) is 22.8 Å². The van der Waals surface area contributed by atoms with Crippen LogP contribution in [0.1, 0.15) is 90.9 Å². The molecule has 0 atom stereocenters. The quantitative estimate of drug-likeness (QED) is 0.319. The van der Waals surface area contributed by atoms with Crippen LogP contribution in [-0.4, -0.2) is 38.4 Å². The molecule has 2 rings (SSSR count). The van der Waals surface area contributed by atoms with Gasteiger partial charge in [0.05, 0.1) is 25.2 Å². The van der Waals surface area contributed by atoms with E-state index in [1.807, 2.05) is 0 Å². The highest BCUT2D eigenvalue weighted by Gasteiger charge is 2.38. The van der Waals surface area contributed by atoms with Crippen molar-refractivity contribution in [3.05, 3.63) is 0 Å². The van der Waals surface area contributed by atoms with Gasteiger partial charge in [0.1, 0.15) is 6.61 Å². The smallest absolute Gasteiger partial charge is 0.305 e. The number of esters is 2. The van der Waals surface area contributed by atoms with Crippen molar-refractivity contribution >= 4 is 11.9 Å². The Labute approximate surface area is 164 Å². The van der Waals surface area contributed by atoms with Crippen LogP contribution in [0, 0.1) is 10.8 Å². The van der Waals surface area contributed by atoms with E-state index in [1.165, 1.54) is 19.3 Å². The third-order valence-corrected chi connectivity index (χ3v) is 6.57. The van der Waals surface area contributed by atoms with E-state index in [0.29, 0.717) is 39.3 Å². The van der Waals surface area contributed by atoms with E-state index < -0.39 is 0 Å². The van der Waals surface area contributed by atoms with E-state index in [0.717, 1.165) is 44.9 Å². The van der Waals surface area contributed by atoms with E-state index in [1.54, 1.807) is 0 Å². The molecule has 0 bridgehead atoms. The van der Waals surface area contributed by atoms with Crippen LogP contribution in [0.15, 0.2) is 0 Å². The molecule has 0 aromatic rings. The lowest BCUT2D eigenvalue weighted by molar-refractivity contribution is -0.170. The monoisotopic (exact) mass is 382 g/mol.